The summed E-state index contributed by atoms with van der Waals surface area (Å²) in [4.78, 5) is 16.5. The number of benzene rings is 1. The number of piperazine rings is 1. The molecule has 2 N–H and O–H groups in total. The molecule has 5 heteroatoms. The lowest BCUT2D eigenvalue weighted by Crippen LogP contribution is -2.59. The lowest BCUT2D eigenvalue weighted by molar-refractivity contribution is -0.137. The van der Waals surface area contributed by atoms with Gasteiger partial charge in [-0.25, -0.2) is 0 Å². The van der Waals surface area contributed by atoms with Crippen molar-refractivity contribution in [1.29, 1.82) is 0 Å². The first-order chi connectivity index (χ1) is 9.94. The van der Waals surface area contributed by atoms with E-state index in [1.54, 1.807) is 0 Å². The maximum absolute atomic E-state index is 12.3. The molecule has 1 aromatic carbocycles. The highest BCUT2D eigenvalue weighted by molar-refractivity contribution is 5.78. The second-order valence-electron chi connectivity index (χ2n) is 6.15. The molecule has 5 nitrogen and oxygen atoms in total. The zero-order chi connectivity index (χ0) is 15.5. The van der Waals surface area contributed by atoms with Crippen LogP contribution in [0.25, 0.3) is 0 Å². The monoisotopic (exact) mass is 291 g/mol. The van der Waals surface area contributed by atoms with Gasteiger partial charge in [-0.05, 0) is 27.0 Å². The number of carbonyl (C=O) groups is 1. The molecule has 0 spiro atoms. The molecule has 2 rings (SSSR count). The Morgan fingerprint density at radius 3 is 2.71 bits per heavy atom. The minimum atomic E-state index is 0.00305. The summed E-state index contributed by atoms with van der Waals surface area (Å²) in [5.41, 5.74) is 6.59. The Morgan fingerprint density at radius 2 is 2.05 bits per heavy atom. The summed E-state index contributed by atoms with van der Waals surface area (Å²) in [6, 6.07) is 7.57. The van der Waals surface area contributed by atoms with Gasteiger partial charge in [0.25, 0.3) is 5.91 Å². The van der Waals surface area contributed by atoms with Crippen LogP contribution in [-0.4, -0.2) is 54.5 Å². The largest absolute Gasteiger partial charge is 0.483 e. The van der Waals surface area contributed by atoms with Gasteiger partial charge in [0.05, 0.1) is 0 Å². The smallest absolute Gasteiger partial charge is 0.260 e. The topological polar surface area (TPSA) is 58.8 Å². The summed E-state index contributed by atoms with van der Waals surface area (Å²) in [6.45, 7) is 7.14. The average molecular weight is 291 g/mol. The molecule has 0 aliphatic carbocycles. The molecular formula is C16H25N3O2. The molecule has 1 aliphatic rings. The van der Waals surface area contributed by atoms with Crippen LogP contribution in [0.15, 0.2) is 24.3 Å². The molecule has 1 aromatic rings. The van der Waals surface area contributed by atoms with Crippen LogP contribution in [0.5, 0.6) is 5.75 Å². The number of carbonyl (C=O) groups excluding carboxylic acids is 1. The van der Waals surface area contributed by atoms with Crippen LogP contribution in [-0.2, 0) is 11.3 Å². The third-order valence-electron chi connectivity index (χ3n) is 4.21. The van der Waals surface area contributed by atoms with Crippen molar-refractivity contribution >= 4 is 5.91 Å². The van der Waals surface area contributed by atoms with Crippen LogP contribution in [0.1, 0.15) is 19.4 Å². The third-order valence-corrected chi connectivity index (χ3v) is 4.21. The molecule has 0 aromatic heterocycles. The molecule has 116 valence electrons. The van der Waals surface area contributed by atoms with Crippen LogP contribution in [0, 0.1) is 0 Å². The average Bonchev–Trinajstić information content (AvgIpc) is 2.47. The second kappa shape index (κ2) is 6.45. The molecule has 1 aliphatic heterocycles. The fraction of sp³-hybridized carbons (Fsp3) is 0.562. The first-order valence-electron chi connectivity index (χ1n) is 7.34. The predicted octanol–water partition coefficient (Wildman–Crippen LogP) is 1.08. The molecule has 1 saturated heterocycles. The van der Waals surface area contributed by atoms with Gasteiger partial charge in [-0.1, -0.05) is 18.2 Å². The maximum Gasteiger partial charge on any atom is 0.260 e. The standard InChI is InChI=1S/C16H25N3O2/c1-16(2)12-19(9-8-18(16)3)15(20)11-21-14-7-5-4-6-13(14)10-17/h4-7H,8-12,17H2,1-3H3. The van der Waals surface area contributed by atoms with Gasteiger partial charge in [0, 0.05) is 37.3 Å². The molecule has 0 unspecified atom stereocenters. The van der Waals surface area contributed by atoms with Crippen LogP contribution in [0.2, 0.25) is 0 Å². The molecule has 1 amide bonds. The van der Waals surface area contributed by atoms with Crippen LogP contribution in [0.4, 0.5) is 0 Å². The number of rotatable bonds is 4. The van der Waals surface area contributed by atoms with Crippen LogP contribution in [0.3, 0.4) is 0 Å². The van der Waals surface area contributed by atoms with Crippen molar-refractivity contribution in [3.8, 4) is 5.75 Å². The molecule has 1 fully saturated rings. The van der Waals surface area contributed by atoms with Crippen molar-refractivity contribution in [2.45, 2.75) is 25.9 Å². The minimum Gasteiger partial charge on any atom is -0.483 e. The van der Waals surface area contributed by atoms with E-state index < -0.39 is 0 Å². The molecular weight excluding hydrogens is 266 g/mol. The zero-order valence-corrected chi connectivity index (χ0v) is 13.1. The number of hydrogen-bond acceptors (Lipinski definition) is 4. The van der Waals surface area contributed by atoms with E-state index in [0.29, 0.717) is 12.3 Å². The Hall–Kier alpha value is -1.59. The number of likely N-dealkylation sites (N-methyl/N-ethyl adjacent to an activating group) is 1. The van der Waals surface area contributed by atoms with E-state index in [4.69, 9.17) is 10.5 Å². The van der Waals surface area contributed by atoms with E-state index in [-0.39, 0.29) is 18.1 Å². The Bertz CT molecular complexity index is 502. The summed E-state index contributed by atoms with van der Waals surface area (Å²) in [5, 5.41) is 0. The first kappa shape index (κ1) is 15.8. The van der Waals surface area contributed by atoms with E-state index in [1.165, 1.54) is 0 Å². The Kier molecular flexibility index (Phi) is 4.85. The summed E-state index contributed by atoms with van der Waals surface area (Å²) in [6.07, 6.45) is 0. The van der Waals surface area contributed by atoms with Crippen molar-refractivity contribution in [2.24, 2.45) is 5.73 Å². The van der Waals surface area contributed by atoms with Crippen LogP contribution < -0.4 is 10.5 Å². The fourth-order valence-corrected chi connectivity index (χ4v) is 2.50. The van der Waals surface area contributed by atoms with Gasteiger partial charge in [-0.15, -0.1) is 0 Å². The maximum atomic E-state index is 12.3. The van der Waals surface area contributed by atoms with Gasteiger partial charge in [0.15, 0.2) is 6.61 Å². The zero-order valence-electron chi connectivity index (χ0n) is 13.1. The number of nitrogens with two attached hydrogens (primary N) is 1. The minimum absolute atomic E-state index is 0.00305. The summed E-state index contributed by atoms with van der Waals surface area (Å²) < 4.78 is 5.65. The summed E-state index contributed by atoms with van der Waals surface area (Å²) in [5.74, 6) is 0.727. The molecule has 0 radical (unpaired) electrons. The molecule has 1 heterocycles. The second-order valence-corrected chi connectivity index (χ2v) is 6.15. The SMILES string of the molecule is CN1CCN(C(=O)COc2ccccc2CN)CC1(C)C. The Labute approximate surface area is 126 Å². The quantitative estimate of drug-likeness (QED) is 0.902. The van der Waals surface area contributed by atoms with Crippen molar-refractivity contribution in [3.05, 3.63) is 29.8 Å². The lowest BCUT2D eigenvalue weighted by atomic mass is 10.00. The number of nitrogens with zero attached hydrogens (tertiary/aromatic N) is 2. The summed E-state index contributed by atoms with van der Waals surface area (Å²) in [7, 11) is 2.09. The fourth-order valence-electron chi connectivity index (χ4n) is 2.50. The van der Waals surface area contributed by atoms with Gasteiger partial charge < -0.3 is 15.4 Å². The van der Waals surface area contributed by atoms with Gasteiger partial charge >= 0.3 is 0 Å². The number of ether oxygens (including phenoxy) is 1. The molecule has 0 saturated carbocycles. The van der Waals surface area contributed by atoms with E-state index in [9.17, 15) is 4.79 Å². The first-order valence-corrected chi connectivity index (χ1v) is 7.34. The van der Waals surface area contributed by atoms with E-state index >= 15 is 0 Å². The van der Waals surface area contributed by atoms with Crippen molar-refractivity contribution < 1.29 is 9.53 Å². The lowest BCUT2D eigenvalue weighted by Gasteiger charge is -2.45. The highest BCUT2D eigenvalue weighted by Crippen LogP contribution is 2.20. The van der Waals surface area contributed by atoms with Crippen molar-refractivity contribution in [3.63, 3.8) is 0 Å². The van der Waals surface area contributed by atoms with E-state index in [2.05, 4.69) is 25.8 Å². The molecule has 21 heavy (non-hydrogen) atoms. The Morgan fingerprint density at radius 1 is 1.33 bits per heavy atom. The van der Waals surface area contributed by atoms with Crippen molar-refractivity contribution in [2.75, 3.05) is 33.3 Å². The molecule has 0 bridgehead atoms. The third kappa shape index (κ3) is 3.74. The van der Waals surface area contributed by atoms with E-state index in [1.807, 2.05) is 29.2 Å². The van der Waals surface area contributed by atoms with E-state index in [0.717, 1.165) is 25.2 Å². The molecule has 0 atom stereocenters. The number of hydrogen-bond donors (Lipinski definition) is 1. The highest BCUT2D eigenvalue weighted by Gasteiger charge is 2.33. The van der Waals surface area contributed by atoms with Gasteiger partial charge in [0.2, 0.25) is 0 Å². The highest BCUT2D eigenvalue weighted by atomic mass is 16.5. The Balaban J connectivity index is 1.93. The van der Waals surface area contributed by atoms with Gasteiger partial charge in [0.1, 0.15) is 5.75 Å². The van der Waals surface area contributed by atoms with Crippen LogP contribution >= 0.6 is 0 Å². The summed E-state index contributed by atoms with van der Waals surface area (Å²) >= 11 is 0. The predicted molar refractivity (Wildman–Crippen MR) is 83.1 cm³/mol. The van der Waals surface area contributed by atoms with Gasteiger partial charge in [-0.2, -0.15) is 0 Å². The van der Waals surface area contributed by atoms with Gasteiger partial charge in [-0.3, -0.25) is 9.69 Å². The normalized spacial score (nSPS) is 18.6. The number of para-hydroxylation sites is 1. The van der Waals surface area contributed by atoms with Crippen molar-refractivity contribution in [1.82, 2.24) is 9.80 Å². The number of amides is 1.